The number of hydrogen-bond acceptors (Lipinski definition) is 8. The fourth-order valence-corrected chi connectivity index (χ4v) is 11.0. The average molecular weight is 856 g/mol. The second-order valence-corrected chi connectivity index (χ2v) is 19.3. The molecule has 8 heterocycles. The molecular weight excluding hydrogens is 791 g/mol. The molecule has 2 bridgehead atoms. The predicted molar refractivity (Wildman–Crippen MR) is 264 cm³/mol. The molecule has 0 aliphatic carbocycles. The minimum absolute atomic E-state index is 0.140. The van der Waals surface area contributed by atoms with Crippen molar-refractivity contribution in [1.82, 2.24) is 44.0 Å². The van der Waals surface area contributed by atoms with Gasteiger partial charge in [0.15, 0.2) is 0 Å². The van der Waals surface area contributed by atoms with Crippen molar-refractivity contribution in [3.05, 3.63) is 119 Å². The van der Waals surface area contributed by atoms with Gasteiger partial charge < -0.3 is 29.6 Å². The molecule has 0 radical (unpaired) electrons. The van der Waals surface area contributed by atoms with E-state index >= 15 is 0 Å². The van der Waals surface area contributed by atoms with Crippen LogP contribution in [0.15, 0.2) is 85.9 Å². The van der Waals surface area contributed by atoms with Crippen molar-refractivity contribution in [2.24, 2.45) is 18.9 Å². The first-order chi connectivity index (χ1) is 30.9. The lowest BCUT2D eigenvalue weighted by Gasteiger charge is -2.36. The Morgan fingerprint density at radius 1 is 0.781 bits per heavy atom. The maximum atomic E-state index is 5.17. The highest BCUT2D eigenvalue weighted by molar-refractivity contribution is 5.87. The van der Waals surface area contributed by atoms with E-state index in [2.05, 4.69) is 135 Å². The van der Waals surface area contributed by atoms with Gasteiger partial charge in [-0.05, 0) is 99.2 Å². The molecule has 6 aromatic rings. The van der Waals surface area contributed by atoms with Crippen molar-refractivity contribution in [1.29, 1.82) is 0 Å². The van der Waals surface area contributed by atoms with E-state index < -0.39 is 0 Å². The van der Waals surface area contributed by atoms with Gasteiger partial charge in [0.2, 0.25) is 5.95 Å². The molecule has 4 aliphatic rings. The lowest BCUT2D eigenvalue weighted by atomic mass is 10.0. The Hall–Kier alpha value is -5.91. The van der Waals surface area contributed by atoms with Crippen LogP contribution < -0.4 is 26.2 Å². The third kappa shape index (κ3) is 8.20. The Kier molecular flexibility index (Phi) is 11.3. The summed E-state index contributed by atoms with van der Waals surface area (Å²) in [6, 6.07) is 18.1. The lowest BCUT2D eigenvalue weighted by molar-refractivity contribution is 0.115. The van der Waals surface area contributed by atoms with Gasteiger partial charge in [0.25, 0.3) is 0 Å². The van der Waals surface area contributed by atoms with Crippen molar-refractivity contribution < 1.29 is 0 Å². The number of allylic oxidation sites excluding steroid dienone is 2. The fraction of sp³-hybridized carbons (Fsp3) is 0.415. The summed E-state index contributed by atoms with van der Waals surface area (Å²) in [6.07, 6.45) is 9.48. The molecule has 0 spiro atoms. The number of imidazole rings is 1. The van der Waals surface area contributed by atoms with Crippen LogP contribution in [0, 0.1) is 18.8 Å². The van der Waals surface area contributed by atoms with Crippen LogP contribution in [-0.2, 0) is 26.6 Å². The Morgan fingerprint density at radius 3 is 2.42 bits per heavy atom. The number of anilines is 2. The maximum Gasteiger partial charge on any atom is 0.208 e. The fourth-order valence-electron chi connectivity index (χ4n) is 11.0. The van der Waals surface area contributed by atoms with Crippen LogP contribution in [0.25, 0.3) is 51.9 Å². The van der Waals surface area contributed by atoms with Crippen LogP contribution in [0.2, 0.25) is 0 Å². The first-order valence-corrected chi connectivity index (χ1v) is 23.6. The second-order valence-electron chi connectivity index (χ2n) is 19.3. The standard InChI is InChI=1S/C53H65N11/c1-34-11-9-10-12-51-47(29-54-59(51)8)49-27-43(25-36(3)56-49)37(4)57-53-58-48-17-14-41(26-52(48)63(53)30-34)31-60-21-23-61(24-22-60)32-42-19-20-62(33-42)44-15-16-45-39(6)64(40(7)46(45)28-44)50-18-13-35(2)55-38(50)5/h14-17,25-29,34,42,50,55H,2,4-7,9-13,18-24,30-33H2,1,3,8H3,(H,57,58)/t34-,42?,50?/m1/s1. The Morgan fingerprint density at radius 2 is 1.59 bits per heavy atom. The number of aromatic nitrogens is 6. The van der Waals surface area contributed by atoms with Crippen LogP contribution in [0.5, 0.6) is 0 Å². The van der Waals surface area contributed by atoms with E-state index in [-0.39, 0.29) is 6.04 Å². The second kappa shape index (κ2) is 17.2. The SMILES string of the molecule is C=C1CCC(n2c(=C)c3ccc(N4CCC(CN5CCN(Cc6ccc7nc8n(c7c6)C[C@H](C)CCCCc6c(cnn6C)-c6cc(cc(C)n6)C(=C)N8)CC5)C4)cc3c2=C)C(=C)N1. The van der Waals surface area contributed by atoms with E-state index in [1.165, 1.54) is 39.7 Å². The molecule has 0 amide bonds. The molecule has 64 heavy (non-hydrogen) atoms. The molecule has 11 nitrogen and oxygen atoms in total. The lowest BCUT2D eigenvalue weighted by Crippen LogP contribution is -2.47. The molecule has 2 N–H and O–H groups in total. The third-order valence-corrected chi connectivity index (χ3v) is 14.6. The molecule has 3 saturated heterocycles. The smallest absolute Gasteiger partial charge is 0.208 e. The third-order valence-electron chi connectivity index (χ3n) is 14.6. The quantitative estimate of drug-likeness (QED) is 0.175. The van der Waals surface area contributed by atoms with Crippen LogP contribution in [0.1, 0.15) is 74.0 Å². The van der Waals surface area contributed by atoms with Gasteiger partial charge in [0, 0.05) is 133 Å². The van der Waals surface area contributed by atoms with Crippen molar-refractivity contribution in [2.75, 3.05) is 56.0 Å². The van der Waals surface area contributed by atoms with Crippen LogP contribution in [-0.4, -0.2) is 84.5 Å². The highest BCUT2D eigenvalue weighted by atomic mass is 15.3. The molecule has 332 valence electrons. The normalized spacial score (nSPS) is 21.7. The number of piperidine rings is 1. The largest absolute Gasteiger partial charge is 0.371 e. The minimum Gasteiger partial charge on any atom is -0.371 e. The van der Waals surface area contributed by atoms with Crippen LogP contribution in [0.3, 0.4) is 0 Å². The Bertz CT molecular complexity index is 2890. The first kappa shape index (κ1) is 42.1. The zero-order chi connectivity index (χ0) is 44.2. The van der Waals surface area contributed by atoms with E-state index in [4.69, 9.17) is 9.97 Å². The average Bonchev–Trinajstić information content (AvgIpc) is 4.04. The van der Waals surface area contributed by atoms with Gasteiger partial charge in [-0.3, -0.25) is 14.6 Å². The van der Waals surface area contributed by atoms with Gasteiger partial charge in [-0.15, -0.1) is 0 Å². The van der Waals surface area contributed by atoms with Gasteiger partial charge in [0.05, 0.1) is 29.0 Å². The molecule has 4 aromatic heterocycles. The zero-order valence-electron chi connectivity index (χ0n) is 38.3. The van der Waals surface area contributed by atoms with E-state index in [9.17, 15) is 0 Å². The number of rotatable bonds is 6. The van der Waals surface area contributed by atoms with Gasteiger partial charge in [-0.1, -0.05) is 58.4 Å². The highest BCUT2D eigenvalue weighted by Gasteiger charge is 2.28. The molecule has 3 fully saturated rings. The summed E-state index contributed by atoms with van der Waals surface area (Å²) in [6.45, 7) is 36.0. The summed E-state index contributed by atoms with van der Waals surface area (Å²) in [4.78, 5) is 18.0. The Labute approximate surface area is 378 Å². The van der Waals surface area contributed by atoms with Crippen molar-refractivity contribution >= 4 is 52.3 Å². The molecule has 10 rings (SSSR count). The predicted octanol–water partition coefficient (Wildman–Crippen LogP) is 7.96. The summed E-state index contributed by atoms with van der Waals surface area (Å²) in [5, 5.41) is 16.1. The van der Waals surface area contributed by atoms with Gasteiger partial charge >= 0.3 is 0 Å². The minimum atomic E-state index is 0.140. The van der Waals surface area contributed by atoms with E-state index in [1.54, 1.807) is 0 Å². The molecule has 3 atom stereocenters. The summed E-state index contributed by atoms with van der Waals surface area (Å²) < 4.78 is 6.70. The molecular formula is C53H65N11. The molecule has 0 saturated carbocycles. The highest BCUT2D eigenvalue weighted by Crippen LogP contribution is 2.32. The zero-order valence-corrected chi connectivity index (χ0v) is 38.3. The monoisotopic (exact) mass is 856 g/mol. The molecule has 2 aromatic carbocycles. The Balaban J connectivity index is 0.784. The van der Waals surface area contributed by atoms with Crippen LogP contribution >= 0.6 is 0 Å². The van der Waals surface area contributed by atoms with Crippen molar-refractivity contribution in [3.63, 3.8) is 0 Å². The summed E-state index contributed by atoms with van der Waals surface area (Å²) in [5.74, 6) is 2.00. The van der Waals surface area contributed by atoms with Gasteiger partial charge in [-0.25, -0.2) is 4.98 Å². The first-order valence-electron chi connectivity index (χ1n) is 23.6. The number of piperazine rings is 1. The van der Waals surface area contributed by atoms with Crippen molar-refractivity contribution in [2.45, 2.75) is 77.9 Å². The molecule has 11 heteroatoms. The van der Waals surface area contributed by atoms with E-state index in [0.29, 0.717) is 11.8 Å². The number of hydrogen-bond donors (Lipinski definition) is 2. The van der Waals surface area contributed by atoms with Gasteiger partial charge in [-0.2, -0.15) is 5.10 Å². The summed E-state index contributed by atoms with van der Waals surface area (Å²) in [5.41, 5.74) is 12.9. The molecule has 2 unspecified atom stereocenters. The van der Waals surface area contributed by atoms with Gasteiger partial charge in [0.1, 0.15) is 0 Å². The number of aryl methyl sites for hydroxylation is 2. The van der Waals surface area contributed by atoms with E-state index in [0.717, 1.165) is 159 Å². The van der Waals surface area contributed by atoms with E-state index in [1.807, 2.05) is 17.9 Å². The summed E-state index contributed by atoms with van der Waals surface area (Å²) >= 11 is 0. The molecule has 4 aliphatic heterocycles. The topological polar surface area (TPSA) is 87.2 Å². The van der Waals surface area contributed by atoms with Crippen LogP contribution in [0.4, 0.5) is 11.6 Å². The summed E-state index contributed by atoms with van der Waals surface area (Å²) in [7, 11) is 2.04. The number of benzene rings is 2. The maximum absolute atomic E-state index is 5.17. The number of fused-ring (bicyclic) bond motifs is 8. The number of nitrogens with one attached hydrogen (secondary N) is 2. The number of nitrogens with zero attached hydrogens (tertiary/aromatic N) is 9. The number of pyridine rings is 1. The van der Waals surface area contributed by atoms with Crippen molar-refractivity contribution in [3.8, 4) is 11.3 Å².